The zero-order valence-corrected chi connectivity index (χ0v) is 9.73. The molecule has 0 spiro atoms. The maximum atomic E-state index is 12.5. The van der Waals surface area contributed by atoms with Gasteiger partial charge in [-0.1, -0.05) is 0 Å². The molecule has 0 aliphatic carbocycles. The average Bonchev–Trinajstić information content (AvgIpc) is 2.92. The number of nitrogens with one attached hydrogen (secondary N) is 1. The van der Waals surface area contributed by atoms with E-state index in [0.29, 0.717) is 11.7 Å². The number of nitrogen functional groups attached to an aromatic ring is 1. The number of H-pyrrole nitrogens is 1. The van der Waals surface area contributed by atoms with Gasteiger partial charge in [-0.2, -0.15) is 18.3 Å². The number of alkyl halides is 3. The van der Waals surface area contributed by atoms with Crippen molar-refractivity contribution in [2.45, 2.75) is 6.18 Å². The Bertz CT molecular complexity index is 843. The molecule has 104 valence electrons. The van der Waals surface area contributed by atoms with Crippen LogP contribution in [-0.4, -0.2) is 14.8 Å². The number of hydrogen-bond donors (Lipinski definition) is 2. The van der Waals surface area contributed by atoms with E-state index >= 15 is 0 Å². The fourth-order valence-corrected chi connectivity index (χ4v) is 1.80. The van der Waals surface area contributed by atoms with Gasteiger partial charge in [0.1, 0.15) is 0 Å². The summed E-state index contributed by atoms with van der Waals surface area (Å²) in [5, 5.41) is 3.62. The topological polar surface area (TPSA) is 89.8 Å². The first kappa shape index (κ1) is 12.3. The van der Waals surface area contributed by atoms with Crippen LogP contribution < -0.4 is 11.5 Å². The zero-order chi connectivity index (χ0) is 14.5. The molecular formula is C11H7F3N4O2. The molecule has 0 atom stereocenters. The molecule has 2 heterocycles. The molecule has 0 saturated carbocycles. The molecule has 0 amide bonds. The Morgan fingerprint density at radius 2 is 2.10 bits per heavy atom. The maximum Gasteiger partial charge on any atom is 0.419 e. The molecule has 0 aliphatic rings. The number of aromatic nitrogens is 3. The first-order valence-electron chi connectivity index (χ1n) is 5.39. The minimum atomic E-state index is -4.49. The number of anilines is 1. The van der Waals surface area contributed by atoms with Gasteiger partial charge >= 0.3 is 11.9 Å². The van der Waals surface area contributed by atoms with Crippen molar-refractivity contribution >= 4 is 16.8 Å². The molecule has 0 unspecified atom stereocenters. The van der Waals surface area contributed by atoms with Crippen molar-refractivity contribution < 1.29 is 17.6 Å². The van der Waals surface area contributed by atoms with E-state index in [4.69, 9.17) is 10.2 Å². The number of oxazole rings is 1. The van der Waals surface area contributed by atoms with Gasteiger partial charge < -0.3 is 10.2 Å². The molecule has 2 aromatic heterocycles. The number of nitrogens with zero attached hydrogens (tertiary/aromatic N) is 2. The Hall–Kier alpha value is -2.71. The molecule has 9 heteroatoms. The molecule has 3 N–H and O–H groups in total. The van der Waals surface area contributed by atoms with E-state index < -0.39 is 17.5 Å². The van der Waals surface area contributed by atoms with Gasteiger partial charge in [0, 0.05) is 12.3 Å². The van der Waals surface area contributed by atoms with E-state index in [-0.39, 0.29) is 17.0 Å². The van der Waals surface area contributed by atoms with Crippen LogP contribution >= 0.6 is 0 Å². The van der Waals surface area contributed by atoms with Crippen molar-refractivity contribution in [3.8, 4) is 5.69 Å². The van der Waals surface area contributed by atoms with Crippen LogP contribution in [0.3, 0.4) is 0 Å². The van der Waals surface area contributed by atoms with Crippen LogP contribution in [0, 0.1) is 0 Å². The summed E-state index contributed by atoms with van der Waals surface area (Å²) in [6, 6.07) is 2.74. The van der Waals surface area contributed by atoms with E-state index in [2.05, 4.69) is 10.1 Å². The number of aromatic amines is 1. The second kappa shape index (κ2) is 3.89. The fraction of sp³-hybridized carbons (Fsp3) is 0.0909. The number of halogens is 3. The van der Waals surface area contributed by atoms with Crippen LogP contribution in [0.2, 0.25) is 0 Å². The third-order valence-electron chi connectivity index (χ3n) is 2.73. The largest absolute Gasteiger partial charge is 0.419 e. The fourth-order valence-electron chi connectivity index (χ4n) is 1.80. The summed E-state index contributed by atoms with van der Waals surface area (Å²) in [4.78, 5) is 13.4. The van der Waals surface area contributed by atoms with E-state index in [9.17, 15) is 18.0 Å². The monoisotopic (exact) mass is 284 g/mol. The van der Waals surface area contributed by atoms with Crippen molar-refractivity contribution in [2.24, 2.45) is 0 Å². The van der Waals surface area contributed by atoms with Crippen LogP contribution in [0.1, 0.15) is 5.56 Å². The van der Waals surface area contributed by atoms with E-state index in [0.717, 1.165) is 10.9 Å². The molecule has 0 bridgehead atoms. The SMILES string of the molecule is Nc1cc2oc(=O)[nH]c2cc1-n1cc(C(F)(F)F)cn1. The normalized spacial score (nSPS) is 12.2. The van der Waals surface area contributed by atoms with Gasteiger partial charge in [0.2, 0.25) is 0 Å². The lowest BCUT2D eigenvalue weighted by atomic mass is 10.2. The van der Waals surface area contributed by atoms with Gasteiger partial charge in [-0.05, 0) is 6.07 Å². The molecule has 3 rings (SSSR count). The van der Waals surface area contributed by atoms with Crippen molar-refractivity contribution in [3.05, 3.63) is 40.6 Å². The Morgan fingerprint density at radius 1 is 1.35 bits per heavy atom. The van der Waals surface area contributed by atoms with Gasteiger partial charge in [-0.25, -0.2) is 9.48 Å². The van der Waals surface area contributed by atoms with Gasteiger partial charge in [0.05, 0.1) is 28.7 Å². The van der Waals surface area contributed by atoms with Crippen molar-refractivity contribution in [1.29, 1.82) is 0 Å². The van der Waals surface area contributed by atoms with Gasteiger partial charge in [-0.3, -0.25) is 4.98 Å². The van der Waals surface area contributed by atoms with Crippen molar-refractivity contribution in [2.75, 3.05) is 5.73 Å². The third kappa shape index (κ3) is 1.92. The van der Waals surface area contributed by atoms with E-state index in [1.165, 1.54) is 12.1 Å². The predicted molar refractivity (Wildman–Crippen MR) is 63.4 cm³/mol. The second-order valence-electron chi connectivity index (χ2n) is 4.09. The summed E-state index contributed by atoms with van der Waals surface area (Å²) in [6.45, 7) is 0. The molecule has 6 nitrogen and oxygen atoms in total. The first-order chi connectivity index (χ1) is 9.34. The lowest BCUT2D eigenvalue weighted by molar-refractivity contribution is -0.137. The second-order valence-corrected chi connectivity index (χ2v) is 4.09. The molecule has 1 aromatic carbocycles. The van der Waals surface area contributed by atoms with Gasteiger partial charge in [0.25, 0.3) is 0 Å². The third-order valence-corrected chi connectivity index (χ3v) is 2.73. The van der Waals surface area contributed by atoms with Crippen LogP contribution in [0.15, 0.2) is 33.7 Å². The number of hydrogen-bond acceptors (Lipinski definition) is 4. The molecule has 0 fully saturated rings. The van der Waals surface area contributed by atoms with Gasteiger partial charge in [0.15, 0.2) is 5.58 Å². The lowest BCUT2D eigenvalue weighted by Crippen LogP contribution is -2.03. The number of fused-ring (bicyclic) bond motifs is 1. The van der Waals surface area contributed by atoms with E-state index in [1.807, 2.05) is 0 Å². The molecule has 20 heavy (non-hydrogen) atoms. The van der Waals surface area contributed by atoms with Gasteiger partial charge in [-0.15, -0.1) is 0 Å². The van der Waals surface area contributed by atoms with E-state index in [1.54, 1.807) is 0 Å². The summed E-state index contributed by atoms with van der Waals surface area (Å²) >= 11 is 0. The minimum absolute atomic E-state index is 0.136. The zero-order valence-electron chi connectivity index (χ0n) is 9.73. The van der Waals surface area contributed by atoms with Crippen LogP contribution in [0.4, 0.5) is 18.9 Å². The first-order valence-corrected chi connectivity index (χ1v) is 5.39. The van der Waals surface area contributed by atoms with Crippen molar-refractivity contribution in [1.82, 2.24) is 14.8 Å². The highest BCUT2D eigenvalue weighted by Gasteiger charge is 2.32. The van der Waals surface area contributed by atoms with Crippen LogP contribution in [-0.2, 0) is 6.18 Å². The average molecular weight is 284 g/mol. The number of rotatable bonds is 1. The highest BCUT2D eigenvalue weighted by Crippen LogP contribution is 2.30. The van der Waals surface area contributed by atoms with Crippen molar-refractivity contribution in [3.63, 3.8) is 0 Å². The summed E-state index contributed by atoms with van der Waals surface area (Å²) in [5.74, 6) is -0.673. The Kier molecular flexibility index (Phi) is 2.40. The molecule has 0 aliphatic heterocycles. The molecule has 0 radical (unpaired) electrons. The summed E-state index contributed by atoms with van der Waals surface area (Å²) in [5.41, 5.74) is 5.73. The minimum Gasteiger partial charge on any atom is -0.408 e. The highest BCUT2D eigenvalue weighted by atomic mass is 19.4. The highest BCUT2D eigenvalue weighted by molar-refractivity contribution is 5.81. The number of benzene rings is 1. The summed E-state index contributed by atoms with van der Waals surface area (Å²) in [7, 11) is 0. The Morgan fingerprint density at radius 3 is 2.75 bits per heavy atom. The summed E-state index contributed by atoms with van der Waals surface area (Å²) in [6.07, 6.45) is -2.97. The Balaban J connectivity index is 2.16. The quantitative estimate of drug-likeness (QED) is 0.668. The number of nitrogens with two attached hydrogens (primary N) is 1. The van der Waals surface area contributed by atoms with Crippen LogP contribution in [0.5, 0.6) is 0 Å². The Labute approximate surface area is 108 Å². The lowest BCUT2D eigenvalue weighted by Gasteiger charge is -2.05. The standard InChI is InChI=1S/C11H7F3N4O2/c12-11(13,14)5-3-16-18(4-5)8-2-7-9(1-6(8)15)20-10(19)17-7/h1-4H,15H2,(H,17,19). The molecular weight excluding hydrogens is 277 g/mol. The smallest absolute Gasteiger partial charge is 0.408 e. The predicted octanol–water partition coefficient (Wildman–Crippen LogP) is 1.91. The maximum absolute atomic E-state index is 12.5. The summed E-state index contributed by atoms with van der Waals surface area (Å²) < 4.78 is 43.4. The molecule has 3 aromatic rings. The molecule has 0 saturated heterocycles. The van der Waals surface area contributed by atoms with Crippen LogP contribution in [0.25, 0.3) is 16.8 Å².